The molecule has 0 aromatic heterocycles. The Hall–Kier alpha value is -1.27. The standard InChI is InChI=1S/C12H18N2O/c1-2-3-4-5-8-14-12(15)10-6-7-11(13)9-10/h1,6-7,10-11H,3-5,8-9,13H2,(H,14,15). The smallest absolute Gasteiger partial charge is 0.226 e. The van der Waals surface area contributed by atoms with Crippen LogP contribution in [0.15, 0.2) is 12.2 Å². The lowest BCUT2D eigenvalue weighted by Crippen LogP contribution is -2.31. The van der Waals surface area contributed by atoms with Gasteiger partial charge in [0.05, 0.1) is 5.92 Å². The first kappa shape index (κ1) is 11.8. The fourth-order valence-corrected chi connectivity index (χ4v) is 1.62. The molecule has 1 aliphatic carbocycles. The lowest BCUT2D eigenvalue weighted by Gasteiger charge is -2.09. The molecule has 0 radical (unpaired) electrons. The van der Waals surface area contributed by atoms with E-state index in [-0.39, 0.29) is 17.9 Å². The van der Waals surface area contributed by atoms with Crippen molar-refractivity contribution in [3.8, 4) is 12.3 Å². The van der Waals surface area contributed by atoms with Crippen LogP contribution in [0.3, 0.4) is 0 Å². The summed E-state index contributed by atoms with van der Waals surface area (Å²) in [6.45, 7) is 0.708. The summed E-state index contributed by atoms with van der Waals surface area (Å²) in [5, 5.41) is 2.89. The van der Waals surface area contributed by atoms with Gasteiger partial charge in [-0.2, -0.15) is 0 Å². The van der Waals surface area contributed by atoms with E-state index in [0.29, 0.717) is 6.54 Å². The summed E-state index contributed by atoms with van der Waals surface area (Å²) in [4.78, 5) is 11.6. The number of unbranched alkanes of at least 4 members (excludes halogenated alkanes) is 2. The Morgan fingerprint density at radius 2 is 2.33 bits per heavy atom. The van der Waals surface area contributed by atoms with Crippen LogP contribution in [0.4, 0.5) is 0 Å². The molecule has 0 aromatic carbocycles. The summed E-state index contributed by atoms with van der Waals surface area (Å²) in [6.07, 6.45) is 12.3. The van der Waals surface area contributed by atoms with Crippen molar-refractivity contribution in [2.75, 3.05) is 6.54 Å². The third kappa shape index (κ3) is 4.18. The van der Waals surface area contributed by atoms with Crippen LogP contribution in [0.2, 0.25) is 0 Å². The van der Waals surface area contributed by atoms with E-state index >= 15 is 0 Å². The van der Waals surface area contributed by atoms with Crippen LogP contribution in [0.25, 0.3) is 0 Å². The molecule has 2 atom stereocenters. The monoisotopic (exact) mass is 206 g/mol. The lowest BCUT2D eigenvalue weighted by molar-refractivity contribution is -0.123. The Kier molecular flexibility index (Phi) is 4.92. The Labute approximate surface area is 91.1 Å². The average Bonchev–Trinajstić information content (AvgIpc) is 2.64. The van der Waals surface area contributed by atoms with Crippen molar-refractivity contribution < 1.29 is 4.79 Å². The first-order chi connectivity index (χ1) is 7.24. The summed E-state index contributed by atoms with van der Waals surface area (Å²) in [6, 6.07) is 0.0437. The van der Waals surface area contributed by atoms with Crippen LogP contribution in [0.5, 0.6) is 0 Å². The van der Waals surface area contributed by atoms with E-state index in [1.165, 1.54) is 0 Å². The molecule has 0 aromatic rings. The van der Waals surface area contributed by atoms with Gasteiger partial charge in [0.25, 0.3) is 0 Å². The van der Waals surface area contributed by atoms with Crippen LogP contribution in [-0.2, 0) is 4.79 Å². The fourth-order valence-electron chi connectivity index (χ4n) is 1.62. The number of nitrogens with two attached hydrogens (primary N) is 1. The molecule has 3 heteroatoms. The summed E-state index contributed by atoms with van der Waals surface area (Å²) in [7, 11) is 0. The molecule has 0 bridgehead atoms. The highest BCUT2D eigenvalue weighted by Gasteiger charge is 2.21. The fraction of sp³-hybridized carbons (Fsp3) is 0.583. The highest BCUT2D eigenvalue weighted by Crippen LogP contribution is 2.16. The molecule has 0 spiro atoms. The van der Waals surface area contributed by atoms with Gasteiger partial charge in [-0.15, -0.1) is 12.3 Å². The second kappa shape index (κ2) is 6.26. The summed E-state index contributed by atoms with van der Waals surface area (Å²) < 4.78 is 0. The van der Waals surface area contributed by atoms with Crippen molar-refractivity contribution in [2.24, 2.45) is 11.7 Å². The molecule has 2 unspecified atom stereocenters. The van der Waals surface area contributed by atoms with Crippen molar-refractivity contribution in [1.29, 1.82) is 0 Å². The predicted octanol–water partition coefficient (Wildman–Crippen LogP) is 0.809. The quantitative estimate of drug-likeness (QED) is 0.397. The molecule has 3 N–H and O–H groups in total. The van der Waals surface area contributed by atoms with Gasteiger partial charge in [-0.3, -0.25) is 4.79 Å². The van der Waals surface area contributed by atoms with E-state index in [2.05, 4.69) is 11.2 Å². The van der Waals surface area contributed by atoms with Gasteiger partial charge in [0.2, 0.25) is 5.91 Å². The predicted molar refractivity (Wildman–Crippen MR) is 60.9 cm³/mol. The van der Waals surface area contributed by atoms with Gasteiger partial charge in [-0.05, 0) is 19.3 Å². The lowest BCUT2D eigenvalue weighted by atomic mass is 10.1. The number of rotatable bonds is 5. The maximum absolute atomic E-state index is 11.6. The molecule has 0 heterocycles. The van der Waals surface area contributed by atoms with Gasteiger partial charge in [0, 0.05) is 19.0 Å². The highest BCUT2D eigenvalue weighted by atomic mass is 16.1. The van der Waals surface area contributed by atoms with Gasteiger partial charge >= 0.3 is 0 Å². The third-order valence-corrected chi connectivity index (χ3v) is 2.50. The second-order valence-corrected chi connectivity index (χ2v) is 3.84. The van der Waals surface area contributed by atoms with E-state index in [9.17, 15) is 4.79 Å². The topological polar surface area (TPSA) is 55.1 Å². The largest absolute Gasteiger partial charge is 0.356 e. The number of nitrogens with one attached hydrogen (secondary N) is 1. The molecule has 0 saturated heterocycles. The van der Waals surface area contributed by atoms with Gasteiger partial charge < -0.3 is 11.1 Å². The first-order valence-corrected chi connectivity index (χ1v) is 5.39. The SMILES string of the molecule is C#CCCCCNC(=O)C1C=CC(N)C1. The molecule has 0 saturated carbocycles. The Morgan fingerprint density at radius 3 is 2.93 bits per heavy atom. The number of hydrogen-bond acceptors (Lipinski definition) is 2. The van der Waals surface area contributed by atoms with Crippen LogP contribution in [-0.4, -0.2) is 18.5 Å². The maximum Gasteiger partial charge on any atom is 0.226 e. The zero-order valence-electron chi connectivity index (χ0n) is 8.91. The second-order valence-electron chi connectivity index (χ2n) is 3.84. The normalized spacial score (nSPS) is 23.7. The van der Waals surface area contributed by atoms with Crippen molar-refractivity contribution >= 4 is 5.91 Å². The summed E-state index contributed by atoms with van der Waals surface area (Å²) in [5.74, 6) is 2.62. The minimum atomic E-state index is -0.0346. The summed E-state index contributed by atoms with van der Waals surface area (Å²) in [5.41, 5.74) is 5.67. The molecule has 82 valence electrons. The Balaban J connectivity index is 2.09. The van der Waals surface area contributed by atoms with E-state index < -0.39 is 0 Å². The number of carbonyl (C=O) groups is 1. The maximum atomic E-state index is 11.6. The van der Waals surface area contributed by atoms with E-state index in [4.69, 9.17) is 12.2 Å². The molecule has 0 aliphatic heterocycles. The van der Waals surface area contributed by atoms with E-state index in [0.717, 1.165) is 25.7 Å². The van der Waals surface area contributed by atoms with Crippen LogP contribution in [0, 0.1) is 18.3 Å². The van der Waals surface area contributed by atoms with Crippen molar-refractivity contribution in [1.82, 2.24) is 5.32 Å². The zero-order chi connectivity index (χ0) is 11.1. The minimum Gasteiger partial charge on any atom is -0.356 e. The Bertz CT molecular complexity index is 278. The molecular formula is C12H18N2O. The van der Waals surface area contributed by atoms with Gasteiger partial charge in [0.1, 0.15) is 0 Å². The molecule has 15 heavy (non-hydrogen) atoms. The molecular weight excluding hydrogens is 188 g/mol. The van der Waals surface area contributed by atoms with Gasteiger partial charge in [-0.1, -0.05) is 12.2 Å². The number of terminal acetylenes is 1. The number of carbonyl (C=O) groups excluding carboxylic acids is 1. The molecule has 1 amide bonds. The number of amides is 1. The first-order valence-electron chi connectivity index (χ1n) is 5.39. The number of hydrogen-bond donors (Lipinski definition) is 2. The average molecular weight is 206 g/mol. The summed E-state index contributed by atoms with van der Waals surface area (Å²) >= 11 is 0. The molecule has 0 fully saturated rings. The molecule has 3 nitrogen and oxygen atoms in total. The van der Waals surface area contributed by atoms with E-state index in [1.807, 2.05) is 12.2 Å². The minimum absolute atomic E-state index is 0.0346. The van der Waals surface area contributed by atoms with Crippen LogP contribution in [0.1, 0.15) is 25.7 Å². The zero-order valence-corrected chi connectivity index (χ0v) is 8.91. The molecule has 1 aliphatic rings. The third-order valence-electron chi connectivity index (χ3n) is 2.50. The highest BCUT2D eigenvalue weighted by molar-refractivity contribution is 5.81. The van der Waals surface area contributed by atoms with Gasteiger partial charge in [0.15, 0.2) is 0 Å². The Morgan fingerprint density at radius 1 is 1.53 bits per heavy atom. The van der Waals surface area contributed by atoms with Crippen LogP contribution < -0.4 is 11.1 Å². The van der Waals surface area contributed by atoms with Gasteiger partial charge in [-0.25, -0.2) is 0 Å². The van der Waals surface area contributed by atoms with E-state index in [1.54, 1.807) is 0 Å². The van der Waals surface area contributed by atoms with Crippen LogP contribution >= 0.6 is 0 Å². The van der Waals surface area contributed by atoms with Crippen molar-refractivity contribution in [2.45, 2.75) is 31.7 Å². The molecule has 1 rings (SSSR count). The van der Waals surface area contributed by atoms with Crippen molar-refractivity contribution in [3.05, 3.63) is 12.2 Å². The van der Waals surface area contributed by atoms with Crippen molar-refractivity contribution in [3.63, 3.8) is 0 Å².